The quantitative estimate of drug-likeness (QED) is 0.288. The number of terminal acetylenes is 1. The molecule has 0 radical (unpaired) electrons. The second-order valence-electron chi connectivity index (χ2n) is 13.3. The van der Waals surface area contributed by atoms with Crippen LogP contribution < -0.4 is 19.7 Å². The molecule has 4 aliphatic rings. The minimum absolute atomic E-state index is 0.0333. The lowest BCUT2D eigenvalue weighted by atomic mass is 9.95. The van der Waals surface area contributed by atoms with Crippen LogP contribution in [0.25, 0.3) is 32.9 Å². The highest BCUT2D eigenvalue weighted by atomic mass is 19.1. The number of aromatic nitrogens is 3. The Balaban J connectivity index is 1.34. The zero-order valence-electron chi connectivity index (χ0n) is 26.2. The number of ether oxygens (including phenoxy) is 2. The van der Waals surface area contributed by atoms with Crippen molar-refractivity contribution >= 4 is 27.5 Å². The third kappa shape index (κ3) is 4.73. The van der Waals surface area contributed by atoms with Crippen molar-refractivity contribution in [2.45, 2.75) is 69.4 Å². The largest absolute Gasteiger partial charge is 0.508 e. The minimum atomic E-state index is -0.934. The van der Waals surface area contributed by atoms with E-state index in [-0.39, 0.29) is 76.7 Å². The Bertz CT molecular complexity index is 1970. The van der Waals surface area contributed by atoms with Gasteiger partial charge in [-0.2, -0.15) is 9.97 Å². The summed E-state index contributed by atoms with van der Waals surface area (Å²) in [6, 6.07) is 5.39. The summed E-state index contributed by atoms with van der Waals surface area (Å²) in [7, 11) is 0. The number of phenols is 1. The molecular formula is C35H35F3N6O3. The van der Waals surface area contributed by atoms with Gasteiger partial charge in [0.2, 0.25) is 5.88 Å². The van der Waals surface area contributed by atoms with Crippen LogP contribution in [-0.2, 0) is 0 Å². The van der Waals surface area contributed by atoms with Crippen LogP contribution in [0, 0.1) is 24.0 Å². The molecule has 9 nitrogen and oxygen atoms in total. The van der Waals surface area contributed by atoms with Crippen molar-refractivity contribution in [3.05, 3.63) is 41.5 Å². The maximum absolute atomic E-state index is 17.1. The van der Waals surface area contributed by atoms with E-state index in [0.29, 0.717) is 36.1 Å². The number of nitrogens with one attached hydrogen (secondary N) is 1. The third-order valence-corrected chi connectivity index (χ3v) is 10.3. The van der Waals surface area contributed by atoms with E-state index in [1.54, 1.807) is 0 Å². The molecule has 6 heterocycles. The first-order valence-corrected chi connectivity index (χ1v) is 16.2. The topological polar surface area (TPSA) is 95.9 Å². The van der Waals surface area contributed by atoms with E-state index in [0.717, 1.165) is 25.8 Å². The lowest BCUT2D eigenvalue weighted by molar-refractivity contribution is 0.107. The Morgan fingerprint density at radius 3 is 2.85 bits per heavy atom. The average Bonchev–Trinajstić information content (AvgIpc) is 3.53. The monoisotopic (exact) mass is 644 g/mol. The molecule has 5 atom stereocenters. The summed E-state index contributed by atoms with van der Waals surface area (Å²) in [6.45, 7) is 6.32. The number of pyridine rings is 1. The van der Waals surface area contributed by atoms with Gasteiger partial charge in [0.15, 0.2) is 5.82 Å². The summed E-state index contributed by atoms with van der Waals surface area (Å²) in [5, 5.41) is 15.2. The first-order chi connectivity index (χ1) is 22.7. The van der Waals surface area contributed by atoms with E-state index in [4.69, 9.17) is 20.9 Å². The maximum Gasteiger partial charge on any atom is 0.319 e. The molecule has 3 fully saturated rings. The number of benzene rings is 2. The van der Waals surface area contributed by atoms with E-state index in [1.807, 2.05) is 0 Å². The lowest BCUT2D eigenvalue weighted by Gasteiger charge is -2.44. The molecule has 0 spiro atoms. The van der Waals surface area contributed by atoms with Crippen LogP contribution in [-0.4, -0.2) is 87.6 Å². The molecule has 8 rings (SSSR count). The summed E-state index contributed by atoms with van der Waals surface area (Å²) in [5.74, 6) is 1.28. The predicted octanol–water partition coefficient (Wildman–Crippen LogP) is 5.10. The van der Waals surface area contributed by atoms with E-state index in [2.05, 4.69) is 44.9 Å². The number of hydrogen-bond donors (Lipinski definition) is 2. The van der Waals surface area contributed by atoms with E-state index in [9.17, 15) is 13.9 Å². The van der Waals surface area contributed by atoms with Crippen molar-refractivity contribution in [1.82, 2.24) is 25.2 Å². The fourth-order valence-corrected chi connectivity index (χ4v) is 8.24. The van der Waals surface area contributed by atoms with Gasteiger partial charge in [0, 0.05) is 42.5 Å². The van der Waals surface area contributed by atoms with E-state index in [1.165, 1.54) is 24.3 Å². The van der Waals surface area contributed by atoms with Crippen molar-refractivity contribution in [3.8, 4) is 41.2 Å². The number of nitrogens with zero attached hydrogens (tertiary/aromatic N) is 5. The Kier molecular flexibility index (Phi) is 7.11. The first kappa shape index (κ1) is 30.0. The van der Waals surface area contributed by atoms with Crippen molar-refractivity contribution in [1.29, 1.82) is 0 Å². The van der Waals surface area contributed by atoms with Crippen molar-refractivity contribution in [2.75, 3.05) is 37.7 Å². The Morgan fingerprint density at radius 2 is 2.04 bits per heavy atom. The van der Waals surface area contributed by atoms with Crippen LogP contribution in [0.3, 0.4) is 0 Å². The van der Waals surface area contributed by atoms with Crippen molar-refractivity contribution in [2.24, 2.45) is 0 Å². The zero-order chi connectivity index (χ0) is 32.6. The van der Waals surface area contributed by atoms with Gasteiger partial charge in [0.25, 0.3) is 0 Å². The summed E-state index contributed by atoms with van der Waals surface area (Å²) in [4.78, 5) is 18.4. The first-order valence-electron chi connectivity index (χ1n) is 16.2. The second-order valence-corrected chi connectivity index (χ2v) is 13.3. The molecule has 12 heteroatoms. The highest BCUT2D eigenvalue weighted by Gasteiger charge is 2.49. The summed E-state index contributed by atoms with van der Waals surface area (Å²) in [5.41, 5.74) is -0.739. The summed E-state index contributed by atoms with van der Waals surface area (Å²) >= 11 is 0. The highest BCUT2D eigenvalue weighted by molar-refractivity contribution is 6.04. The van der Waals surface area contributed by atoms with E-state index >= 15 is 4.39 Å². The van der Waals surface area contributed by atoms with Gasteiger partial charge in [0.1, 0.15) is 53.4 Å². The van der Waals surface area contributed by atoms with Crippen LogP contribution in [0.2, 0.25) is 0 Å². The van der Waals surface area contributed by atoms with Gasteiger partial charge in [-0.15, -0.1) is 6.42 Å². The average molecular weight is 645 g/mol. The second kappa shape index (κ2) is 11.1. The van der Waals surface area contributed by atoms with Gasteiger partial charge in [0.05, 0.1) is 17.1 Å². The van der Waals surface area contributed by atoms with Crippen LogP contribution >= 0.6 is 0 Å². The number of alkyl halides is 1. The molecule has 4 aliphatic heterocycles. The zero-order valence-corrected chi connectivity index (χ0v) is 26.2. The van der Waals surface area contributed by atoms with Crippen molar-refractivity contribution < 1.29 is 27.8 Å². The summed E-state index contributed by atoms with van der Waals surface area (Å²) in [6.07, 6.45) is 7.71. The van der Waals surface area contributed by atoms with Crippen molar-refractivity contribution in [3.63, 3.8) is 0 Å². The number of anilines is 1. The molecular weight excluding hydrogens is 609 g/mol. The fourth-order valence-electron chi connectivity index (χ4n) is 8.24. The van der Waals surface area contributed by atoms with Crippen LogP contribution in [0.15, 0.2) is 24.3 Å². The Hall–Kier alpha value is -4.34. The molecule has 0 unspecified atom stereocenters. The molecule has 4 aromatic rings. The molecule has 0 saturated carbocycles. The van der Waals surface area contributed by atoms with Crippen LogP contribution in [0.5, 0.6) is 17.6 Å². The molecule has 244 valence electrons. The number of phenolic OH excluding ortho intramolecular Hbond substituents is 1. The molecule has 3 saturated heterocycles. The number of piperazine rings is 1. The minimum Gasteiger partial charge on any atom is -0.508 e. The number of rotatable bonds is 5. The lowest BCUT2D eigenvalue weighted by Crippen LogP contribution is -2.63. The van der Waals surface area contributed by atoms with E-state index < -0.39 is 23.3 Å². The van der Waals surface area contributed by atoms with Gasteiger partial charge >= 0.3 is 6.01 Å². The smallest absolute Gasteiger partial charge is 0.319 e. The molecule has 0 aliphatic carbocycles. The van der Waals surface area contributed by atoms with Gasteiger partial charge in [-0.3, -0.25) is 4.90 Å². The number of aromatic hydroxyl groups is 1. The van der Waals surface area contributed by atoms with Gasteiger partial charge in [-0.05, 0) is 56.3 Å². The number of halogens is 3. The SMILES string of the molecule is C#Cc1c(F)ccc2cc(O)cc(-c3nc4c5c(nc(OC[C@@]67CCCN6C[C@H](F)C7)nc5c3F)N3C[C@@H](C)N[C@@H](CC)[C@H]3CO4)c12. The number of fused-ring (bicyclic) bond motifs is 4. The molecule has 2 aromatic heterocycles. The predicted molar refractivity (Wildman–Crippen MR) is 172 cm³/mol. The highest BCUT2D eigenvalue weighted by Crippen LogP contribution is 2.45. The summed E-state index contributed by atoms with van der Waals surface area (Å²) < 4.78 is 59.2. The van der Waals surface area contributed by atoms with Gasteiger partial charge in [-0.25, -0.2) is 18.2 Å². The molecule has 0 amide bonds. The molecule has 2 aromatic carbocycles. The third-order valence-electron chi connectivity index (χ3n) is 10.3. The molecule has 2 N–H and O–H groups in total. The van der Waals surface area contributed by atoms with Crippen LogP contribution in [0.1, 0.15) is 45.1 Å². The molecule has 47 heavy (non-hydrogen) atoms. The fraction of sp³-hybridized carbons (Fsp3) is 0.457. The standard InChI is InChI=1S/C35H35F3N6O3/c1-4-22-24(37)8-7-19-11-21(45)12-23(27(19)22)30-29(38)31-28-32(44-14-18(3)39-25(5-2)26(44)16-46-33(28)40-30)42-34(41-31)47-17-35-9-6-10-43(35)15-20(36)13-35/h1,7-8,11-12,18,20,25-26,39,45H,5-6,9-10,13-17H2,2-3H3/t18-,20-,25+,26-,35+/m1/s1. The van der Waals surface area contributed by atoms with Gasteiger partial charge < -0.3 is 24.8 Å². The Labute approximate surface area is 270 Å². The Morgan fingerprint density at radius 1 is 1.19 bits per heavy atom. The number of hydrogen-bond acceptors (Lipinski definition) is 9. The molecule has 0 bridgehead atoms. The van der Waals surface area contributed by atoms with Gasteiger partial charge in [-0.1, -0.05) is 18.9 Å². The normalized spacial score (nSPS) is 26.9. The van der Waals surface area contributed by atoms with Crippen LogP contribution in [0.4, 0.5) is 19.0 Å². The maximum atomic E-state index is 17.1.